The molecule has 0 spiro atoms. The minimum atomic E-state index is -0.876. The quantitative estimate of drug-likeness (QED) is 0.796. The molecule has 0 N–H and O–H groups in total. The summed E-state index contributed by atoms with van der Waals surface area (Å²) in [5.41, 5.74) is 0.829. The highest BCUT2D eigenvalue weighted by molar-refractivity contribution is 6.42. The maximum Gasteiger partial charge on any atom is 0.418 e. The topological polar surface area (TPSA) is 82.8 Å². The largest absolute Gasteiger partial charge is 0.449 e. The van der Waals surface area contributed by atoms with Gasteiger partial charge in [-0.2, -0.15) is 5.26 Å². The van der Waals surface area contributed by atoms with Crippen LogP contribution >= 0.6 is 23.2 Å². The lowest BCUT2D eigenvalue weighted by Gasteiger charge is -2.34. The van der Waals surface area contributed by atoms with Crippen LogP contribution in [0.4, 0.5) is 9.59 Å². The van der Waals surface area contributed by atoms with Crippen molar-refractivity contribution in [1.82, 2.24) is 4.90 Å². The van der Waals surface area contributed by atoms with E-state index in [2.05, 4.69) is 11.1 Å². The Morgan fingerprint density at radius 3 is 2.70 bits per heavy atom. The van der Waals surface area contributed by atoms with E-state index < -0.39 is 24.1 Å². The molecule has 2 atom stereocenters. The molecule has 1 aromatic rings. The second-order valence-electron chi connectivity index (χ2n) is 4.83. The number of halogens is 2. The number of ether oxygens (including phenoxy) is 1. The standard InChI is InChI=1S/C15H13Cl2N3O3/c1-3-23-15(22)20-13(9-4-5-11(16)12(17)6-9)10(7-18)8(2)19-14(20)21/h4-6,10,13H,3H2,1-2H3. The molecule has 0 saturated carbocycles. The Hall–Kier alpha value is -2.10. The van der Waals surface area contributed by atoms with Gasteiger partial charge in [-0.1, -0.05) is 29.3 Å². The van der Waals surface area contributed by atoms with Gasteiger partial charge < -0.3 is 4.74 Å². The van der Waals surface area contributed by atoms with Crippen molar-refractivity contribution < 1.29 is 14.3 Å². The summed E-state index contributed by atoms with van der Waals surface area (Å²) in [5, 5.41) is 10.0. The first kappa shape index (κ1) is 17.3. The van der Waals surface area contributed by atoms with E-state index in [1.807, 2.05) is 0 Å². The van der Waals surface area contributed by atoms with Crippen LogP contribution in [0.15, 0.2) is 23.2 Å². The highest BCUT2D eigenvalue weighted by Gasteiger charge is 2.42. The highest BCUT2D eigenvalue weighted by Crippen LogP contribution is 2.36. The van der Waals surface area contributed by atoms with Gasteiger partial charge in [0.15, 0.2) is 0 Å². The number of rotatable bonds is 2. The van der Waals surface area contributed by atoms with Crippen LogP contribution in [0, 0.1) is 17.2 Å². The van der Waals surface area contributed by atoms with E-state index in [1.54, 1.807) is 26.0 Å². The monoisotopic (exact) mass is 353 g/mol. The summed E-state index contributed by atoms with van der Waals surface area (Å²) >= 11 is 11.9. The Kier molecular flexibility index (Phi) is 5.24. The van der Waals surface area contributed by atoms with Crippen LogP contribution in [0.2, 0.25) is 10.0 Å². The van der Waals surface area contributed by atoms with Crippen LogP contribution in [0.1, 0.15) is 25.5 Å². The molecule has 6 nitrogen and oxygen atoms in total. The van der Waals surface area contributed by atoms with Crippen LogP contribution in [0.3, 0.4) is 0 Å². The maximum atomic E-state index is 12.2. The van der Waals surface area contributed by atoms with Gasteiger partial charge >= 0.3 is 12.1 Å². The van der Waals surface area contributed by atoms with Gasteiger partial charge in [-0.15, -0.1) is 0 Å². The number of carbonyl (C=O) groups excluding carboxylic acids is 2. The van der Waals surface area contributed by atoms with E-state index in [4.69, 9.17) is 27.9 Å². The number of hydrogen-bond acceptors (Lipinski definition) is 4. The average molecular weight is 354 g/mol. The SMILES string of the molecule is CCOC(=O)N1C(=O)N=C(C)C(C#N)C1c1ccc(Cl)c(Cl)c1. The Labute approximate surface area is 143 Å². The predicted octanol–water partition coefficient (Wildman–Crippen LogP) is 4.23. The van der Waals surface area contributed by atoms with E-state index in [1.165, 1.54) is 6.07 Å². The van der Waals surface area contributed by atoms with Crippen molar-refractivity contribution in [3.05, 3.63) is 33.8 Å². The fourth-order valence-electron chi connectivity index (χ4n) is 2.36. The molecular formula is C15H13Cl2N3O3. The van der Waals surface area contributed by atoms with Crippen LogP contribution in [0.5, 0.6) is 0 Å². The third-order valence-corrected chi connectivity index (χ3v) is 4.15. The predicted molar refractivity (Wildman–Crippen MR) is 85.7 cm³/mol. The first-order chi connectivity index (χ1) is 10.9. The van der Waals surface area contributed by atoms with Crippen molar-refractivity contribution in [2.75, 3.05) is 6.61 Å². The molecule has 3 amide bonds. The lowest BCUT2D eigenvalue weighted by atomic mass is 9.88. The molecule has 0 saturated heterocycles. The molecule has 2 rings (SSSR count). The van der Waals surface area contributed by atoms with Crippen LogP contribution in [-0.4, -0.2) is 29.3 Å². The summed E-state index contributed by atoms with van der Waals surface area (Å²) in [6.07, 6.45) is -0.856. The van der Waals surface area contributed by atoms with E-state index in [0.29, 0.717) is 16.3 Å². The van der Waals surface area contributed by atoms with Crippen LogP contribution in [0.25, 0.3) is 0 Å². The zero-order valence-corrected chi connectivity index (χ0v) is 13.9. The van der Waals surface area contributed by atoms with E-state index in [0.717, 1.165) is 4.90 Å². The smallest absolute Gasteiger partial charge is 0.418 e. The molecule has 0 fully saturated rings. The molecular weight excluding hydrogens is 341 g/mol. The number of aliphatic imine (C=N–C) groups is 1. The summed E-state index contributed by atoms with van der Waals surface area (Å²) < 4.78 is 4.91. The summed E-state index contributed by atoms with van der Waals surface area (Å²) in [6.45, 7) is 3.28. The van der Waals surface area contributed by atoms with Gasteiger partial charge in [-0.05, 0) is 31.5 Å². The second-order valence-corrected chi connectivity index (χ2v) is 5.64. The van der Waals surface area contributed by atoms with Crippen molar-refractivity contribution >= 4 is 41.0 Å². The first-order valence-electron chi connectivity index (χ1n) is 6.80. The Morgan fingerprint density at radius 2 is 2.13 bits per heavy atom. The van der Waals surface area contributed by atoms with E-state index in [-0.39, 0.29) is 11.6 Å². The molecule has 0 aliphatic carbocycles. The van der Waals surface area contributed by atoms with Crippen molar-refractivity contribution in [1.29, 1.82) is 5.26 Å². The van der Waals surface area contributed by atoms with Gasteiger partial charge in [0.05, 0.1) is 28.8 Å². The van der Waals surface area contributed by atoms with Gasteiger partial charge in [0.2, 0.25) is 0 Å². The fourth-order valence-corrected chi connectivity index (χ4v) is 2.66. The number of urea groups is 1. The fraction of sp³-hybridized carbons (Fsp3) is 0.333. The molecule has 1 aliphatic heterocycles. The molecule has 120 valence electrons. The van der Waals surface area contributed by atoms with Crippen LogP contribution in [-0.2, 0) is 4.74 Å². The number of nitrogens with zero attached hydrogens (tertiary/aromatic N) is 3. The van der Waals surface area contributed by atoms with Gasteiger partial charge in [0.25, 0.3) is 0 Å². The molecule has 1 aliphatic rings. The van der Waals surface area contributed by atoms with Gasteiger partial charge in [-0.25, -0.2) is 19.5 Å². The molecule has 0 radical (unpaired) electrons. The first-order valence-corrected chi connectivity index (χ1v) is 7.56. The molecule has 23 heavy (non-hydrogen) atoms. The van der Waals surface area contributed by atoms with Crippen molar-refractivity contribution in [3.8, 4) is 6.07 Å². The molecule has 1 heterocycles. The van der Waals surface area contributed by atoms with Crippen molar-refractivity contribution in [2.45, 2.75) is 19.9 Å². The number of hydrogen-bond donors (Lipinski definition) is 0. The summed E-state index contributed by atoms with van der Waals surface area (Å²) in [5.74, 6) is -0.797. The minimum Gasteiger partial charge on any atom is -0.449 e. The molecule has 0 aromatic heterocycles. The molecule has 1 aromatic carbocycles. The van der Waals surface area contributed by atoms with Gasteiger partial charge in [0, 0.05) is 5.71 Å². The number of nitriles is 1. The normalized spacial score (nSPS) is 20.7. The Morgan fingerprint density at radius 1 is 1.43 bits per heavy atom. The number of benzene rings is 1. The van der Waals surface area contributed by atoms with E-state index >= 15 is 0 Å². The molecule has 2 unspecified atom stereocenters. The number of carbonyl (C=O) groups is 2. The lowest BCUT2D eigenvalue weighted by molar-refractivity contribution is 0.0982. The summed E-state index contributed by atoms with van der Waals surface area (Å²) in [7, 11) is 0. The van der Waals surface area contributed by atoms with Gasteiger partial charge in [-0.3, -0.25) is 0 Å². The summed E-state index contributed by atoms with van der Waals surface area (Å²) in [4.78, 5) is 28.9. The molecule has 0 bridgehead atoms. The molecule has 8 heteroatoms. The van der Waals surface area contributed by atoms with E-state index in [9.17, 15) is 14.9 Å². The second kappa shape index (κ2) is 6.99. The zero-order valence-electron chi connectivity index (χ0n) is 12.4. The highest BCUT2D eigenvalue weighted by atomic mass is 35.5. The van der Waals surface area contributed by atoms with Gasteiger partial charge in [0.1, 0.15) is 5.92 Å². The number of imide groups is 1. The minimum absolute atomic E-state index is 0.0939. The zero-order chi connectivity index (χ0) is 17.1. The third kappa shape index (κ3) is 3.31. The van der Waals surface area contributed by atoms with Crippen molar-refractivity contribution in [3.63, 3.8) is 0 Å². The van der Waals surface area contributed by atoms with Crippen molar-refractivity contribution in [2.24, 2.45) is 10.9 Å². The summed E-state index contributed by atoms with van der Waals surface area (Å²) in [6, 6.07) is 5.11. The Balaban J connectivity index is 2.57. The van der Waals surface area contributed by atoms with Crippen LogP contribution < -0.4 is 0 Å². The maximum absolute atomic E-state index is 12.2. The lowest BCUT2D eigenvalue weighted by Crippen LogP contribution is -2.46. The third-order valence-electron chi connectivity index (χ3n) is 3.41. The number of amides is 3. The average Bonchev–Trinajstić information content (AvgIpc) is 2.49. The Bertz CT molecular complexity index is 727.